The van der Waals surface area contributed by atoms with E-state index in [0.717, 1.165) is 12.8 Å². The van der Waals surface area contributed by atoms with E-state index in [9.17, 15) is 20.1 Å². The number of fused-ring (bicyclic) bond motifs is 1. The van der Waals surface area contributed by atoms with Gasteiger partial charge in [0.1, 0.15) is 17.7 Å². The molecule has 11 heteroatoms. The number of nitrogens with two attached hydrogens (primary N) is 1. The molecule has 0 radical (unpaired) electrons. The molecule has 11 nitrogen and oxygen atoms in total. The number of carbonyl (C=O) groups excluding carboxylic acids is 1. The Labute approximate surface area is 172 Å². The summed E-state index contributed by atoms with van der Waals surface area (Å²) in [5, 5.41) is 30.8. The second kappa shape index (κ2) is 8.93. The van der Waals surface area contributed by atoms with E-state index in [4.69, 9.17) is 15.2 Å². The molecule has 0 bridgehead atoms. The number of esters is 1. The van der Waals surface area contributed by atoms with Crippen molar-refractivity contribution in [3.05, 3.63) is 12.2 Å². The minimum Gasteiger partial charge on any atom is -0.464 e. The summed E-state index contributed by atoms with van der Waals surface area (Å²) >= 11 is 0. The number of aliphatic hydroxyl groups excluding tert-OH is 3. The summed E-state index contributed by atoms with van der Waals surface area (Å²) in [6.45, 7) is 2.75. The van der Waals surface area contributed by atoms with Crippen LogP contribution in [0.1, 0.15) is 45.2 Å². The summed E-state index contributed by atoms with van der Waals surface area (Å²) in [6.07, 6.45) is -0.659. The minimum absolute atomic E-state index is 0.00918. The Morgan fingerprint density at radius 3 is 2.83 bits per heavy atom. The molecule has 1 saturated heterocycles. The topological polar surface area (TPSA) is 166 Å². The largest absolute Gasteiger partial charge is 0.464 e. The normalized spacial score (nSPS) is 25.8. The van der Waals surface area contributed by atoms with Crippen LogP contribution in [-0.4, -0.2) is 71.8 Å². The van der Waals surface area contributed by atoms with Crippen LogP contribution < -0.4 is 5.73 Å². The van der Waals surface area contributed by atoms with Crippen molar-refractivity contribution in [3.8, 4) is 11.8 Å². The number of nitrogens with zero attached hydrogens (tertiary/aromatic N) is 4. The summed E-state index contributed by atoms with van der Waals surface area (Å²) in [5.41, 5.74) is 4.28. The van der Waals surface area contributed by atoms with E-state index >= 15 is 0 Å². The first-order valence-electron chi connectivity index (χ1n) is 9.70. The van der Waals surface area contributed by atoms with Crippen LogP contribution in [0.25, 0.3) is 11.2 Å². The lowest BCUT2D eigenvalue weighted by Crippen LogP contribution is -2.53. The molecule has 0 saturated carbocycles. The number of aliphatic hydroxyl groups is 3. The van der Waals surface area contributed by atoms with Gasteiger partial charge in [0.05, 0.1) is 19.5 Å². The zero-order chi connectivity index (χ0) is 21.9. The molecule has 0 amide bonds. The Balaban J connectivity index is 2.00. The van der Waals surface area contributed by atoms with Crippen molar-refractivity contribution in [1.29, 1.82) is 0 Å². The first kappa shape index (κ1) is 21.9. The second-order valence-electron chi connectivity index (χ2n) is 6.87. The summed E-state index contributed by atoms with van der Waals surface area (Å²) in [4.78, 5) is 24.9. The van der Waals surface area contributed by atoms with Gasteiger partial charge >= 0.3 is 5.97 Å². The van der Waals surface area contributed by atoms with Crippen LogP contribution in [0.4, 0.5) is 5.82 Å². The zero-order valence-electron chi connectivity index (χ0n) is 16.8. The number of unbranched alkanes of at least 4 members (excludes halogenated alkanes) is 2. The fourth-order valence-corrected chi connectivity index (χ4v) is 3.21. The molecule has 3 heterocycles. The highest BCUT2D eigenvalue weighted by molar-refractivity contribution is 5.83. The monoisotopic (exact) mass is 419 g/mol. The number of imidazole rings is 1. The van der Waals surface area contributed by atoms with Crippen molar-refractivity contribution in [2.45, 2.75) is 57.1 Å². The number of ether oxygens (including phenoxy) is 2. The summed E-state index contributed by atoms with van der Waals surface area (Å²) in [5.74, 6) is 5.09. The van der Waals surface area contributed by atoms with Crippen LogP contribution in [0, 0.1) is 11.8 Å². The lowest BCUT2D eigenvalue weighted by molar-refractivity contribution is -0.189. The van der Waals surface area contributed by atoms with Crippen LogP contribution >= 0.6 is 0 Å². The molecule has 0 unspecified atom stereocenters. The van der Waals surface area contributed by atoms with E-state index in [2.05, 4.69) is 33.7 Å². The maximum atomic E-state index is 12.3. The van der Waals surface area contributed by atoms with Gasteiger partial charge in [-0.25, -0.2) is 19.7 Å². The fourth-order valence-electron chi connectivity index (χ4n) is 3.21. The molecule has 4 atom stereocenters. The number of anilines is 1. The molecule has 1 aliphatic heterocycles. The number of nitrogen functional groups attached to an aromatic ring is 1. The maximum Gasteiger partial charge on any atom is 0.343 e. The molecule has 2 aromatic rings. The summed E-state index contributed by atoms with van der Waals surface area (Å²) in [6, 6.07) is 0. The third-order valence-corrected chi connectivity index (χ3v) is 4.86. The average Bonchev–Trinajstić information content (AvgIpc) is 3.26. The smallest absolute Gasteiger partial charge is 0.343 e. The first-order chi connectivity index (χ1) is 14.4. The zero-order valence-corrected chi connectivity index (χ0v) is 16.8. The number of rotatable bonds is 6. The maximum absolute atomic E-state index is 12.3. The van der Waals surface area contributed by atoms with Gasteiger partial charge in [-0.1, -0.05) is 19.3 Å². The Kier molecular flexibility index (Phi) is 6.52. The minimum atomic E-state index is -2.14. The highest BCUT2D eigenvalue weighted by atomic mass is 16.6. The fraction of sp³-hybridized carbons (Fsp3) is 0.579. The van der Waals surface area contributed by atoms with Crippen molar-refractivity contribution >= 4 is 23.0 Å². The standard InChI is InChI=1S/C19H25N5O6/c1-3-5-6-7-8-11-22-15(20)12-16(23-11)24(10-21-12)17-13(26)14(27)19(9-25,30-17)18(28)29-4-2/h10,13-14,17,25-27H,3-6,9H2,1-2H3,(H2,20,22,23)/t13-,14+,17-,19-/m1/s1. The van der Waals surface area contributed by atoms with E-state index in [0.29, 0.717) is 6.42 Å². The van der Waals surface area contributed by atoms with Gasteiger partial charge in [0.15, 0.2) is 17.7 Å². The number of hydrogen-bond acceptors (Lipinski definition) is 10. The van der Waals surface area contributed by atoms with Gasteiger partial charge in [-0.15, -0.1) is 0 Å². The molecule has 5 N–H and O–H groups in total. The molecule has 2 aromatic heterocycles. The van der Waals surface area contributed by atoms with Gasteiger partial charge in [0.25, 0.3) is 0 Å². The number of hydrogen-bond donors (Lipinski definition) is 4. The Morgan fingerprint density at radius 1 is 1.40 bits per heavy atom. The van der Waals surface area contributed by atoms with Crippen molar-refractivity contribution in [2.75, 3.05) is 18.9 Å². The molecule has 0 aliphatic carbocycles. The first-order valence-corrected chi connectivity index (χ1v) is 9.70. The Morgan fingerprint density at radius 2 is 2.17 bits per heavy atom. The Bertz CT molecular complexity index is 983. The average molecular weight is 419 g/mol. The van der Waals surface area contributed by atoms with E-state index in [1.807, 2.05) is 0 Å². The molecular weight excluding hydrogens is 394 g/mol. The Hall–Kier alpha value is -2.78. The molecule has 162 valence electrons. The summed E-state index contributed by atoms with van der Waals surface area (Å²) < 4.78 is 11.9. The van der Waals surface area contributed by atoms with Crippen LogP contribution in [0.3, 0.4) is 0 Å². The lowest BCUT2D eigenvalue weighted by Gasteiger charge is -2.27. The van der Waals surface area contributed by atoms with Gasteiger partial charge in [-0.2, -0.15) is 0 Å². The van der Waals surface area contributed by atoms with Crippen molar-refractivity contribution in [2.24, 2.45) is 0 Å². The van der Waals surface area contributed by atoms with Gasteiger partial charge in [-0.3, -0.25) is 4.57 Å². The van der Waals surface area contributed by atoms with Gasteiger partial charge in [0.2, 0.25) is 11.4 Å². The van der Waals surface area contributed by atoms with E-state index in [-0.39, 0.29) is 29.4 Å². The van der Waals surface area contributed by atoms with E-state index < -0.39 is 36.6 Å². The van der Waals surface area contributed by atoms with Crippen molar-refractivity contribution in [3.63, 3.8) is 0 Å². The third kappa shape index (κ3) is 3.70. The van der Waals surface area contributed by atoms with Crippen LogP contribution in [0.2, 0.25) is 0 Å². The van der Waals surface area contributed by atoms with Gasteiger partial charge in [-0.05, 0) is 19.3 Å². The molecular formula is C19H25N5O6. The predicted octanol–water partition coefficient (Wildman–Crippen LogP) is -0.505. The molecule has 0 aromatic carbocycles. The molecule has 3 rings (SSSR count). The summed E-state index contributed by atoms with van der Waals surface area (Å²) in [7, 11) is 0. The van der Waals surface area contributed by atoms with Crippen LogP contribution in [-0.2, 0) is 14.3 Å². The van der Waals surface area contributed by atoms with Gasteiger partial charge in [0, 0.05) is 6.42 Å². The predicted molar refractivity (Wildman–Crippen MR) is 105 cm³/mol. The number of carbonyl (C=O) groups is 1. The second-order valence-corrected chi connectivity index (χ2v) is 6.87. The van der Waals surface area contributed by atoms with Crippen LogP contribution in [0.15, 0.2) is 6.33 Å². The quantitative estimate of drug-likeness (QED) is 0.272. The van der Waals surface area contributed by atoms with Crippen molar-refractivity contribution < 1.29 is 29.6 Å². The van der Waals surface area contributed by atoms with Gasteiger partial charge < -0.3 is 30.5 Å². The van der Waals surface area contributed by atoms with E-state index in [1.165, 1.54) is 10.9 Å². The number of aromatic nitrogens is 4. The molecule has 1 aliphatic rings. The van der Waals surface area contributed by atoms with E-state index in [1.54, 1.807) is 6.92 Å². The molecule has 30 heavy (non-hydrogen) atoms. The molecule has 1 fully saturated rings. The lowest BCUT2D eigenvalue weighted by atomic mass is 9.96. The van der Waals surface area contributed by atoms with Crippen LogP contribution in [0.5, 0.6) is 0 Å². The highest BCUT2D eigenvalue weighted by Crippen LogP contribution is 2.39. The highest BCUT2D eigenvalue weighted by Gasteiger charge is 2.60. The third-order valence-electron chi connectivity index (χ3n) is 4.86. The molecule has 0 spiro atoms. The SMILES string of the molecule is CCCCC#Cc1nc(N)c2ncn([C@@H]3O[C@@](CO)(C(=O)OCC)[C@@H](O)[C@H]3O)c2n1. The van der Waals surface area contributed by atoms with Crippen molar-refractivity contribution in [1.82, 2.24) is 19.5 Å².